The van der Waals surface area contributed by atoms with Crippen LogP contribution in [0.4, 0.5) is 0 Å². The van der Waals surface area contributed by atoms with Crippen LogP contribution in [0, 0.1) is 11.3 Å². The molecule has 0 aromatic carbocycles. The van der Waals surface area contributed by atoms with E-state index in [4.69, 9.17) is 5.11 Å². The fourth-order valence-corrected chi connectivity index (χ4v) is 2.57. The van der Waals surface area contributed by atoms with Crippen molar-refractivity contribution in [3.05, 3.63) is 0 Å². The summed E-state index contributed by atoms with van der Waals surface area (Å²) in [5.41, 5.74) is -0.224. The number of piperidine rings is 1. The monoisotopic (exact) mass is 270 g/mol. The maximum atomic E-state index is 12.3. The molecular formula is C14H26N2O3. The highest BCUT2D eigenvalue weighted by Crippen LogP contribution is 2.32. The Bertz CT molecular complexity index is 312. The highest BCUT2D eigenvalue weighted by molar-refractivity contribution is 5.82. The number of hydrogen-bond donors (Lipinski definition) is 3. The van der Waals surface area contributed by atoms with E-state index >= 15 is 0 Å². The zero-order chi connectivity index (χ0) is 14.3. The van der Waals surface area contributed by atoms with E-state index in [1.807, 2.05) is 6.92 Å². The SMILES string of the molecule is CCC1(C(=O)NCC(C)CCC(=O)O)CCNCC1. The van der Waals surface area contributed by atoms with E-state index in [1.54, 1.807) is 0 Å². The van der Waals surface area contributed by atoms with Crippen LogP contribution >= 0.6 is 0 Å². The number of rotatable bonds is 7. The zero-order valence-corrected chi connectivity index (χ0v) is 12.0. The Labute approximate surface area is 115 Å². The van der Waals surface area contributed by atoms with Gasteiger partial charge in [0.05, 0.1) is 5.41 Å². The van der Waals surface area contributed by atoms with Crippen molar-refractivity contribution in [3.8, 4) is 0 Å². The van der Waals surface area contributed by atoms with Crippen LogP contribution in [-0.2, 0) is 9.59 Å². The number of hydrogen-bond acceptors (Lipinski definition) is 3. The first-order valence-electron chi connectivity index (χ1n) is 7.21. The summed E-state index contributed by atoms with van der Waals surface area (Å²) in [6, 6.07) is 0. The van der Waals surface area contributed by atoms with Gasteiger partial charge in [0.15, 0.2) is 0 Å². The molecule has 1 aliphatic rings. The van der Waals surface area contributed by atoms with Gasteiger partial charge in [-0.05, 0) is 44.7 Å². The average Bonchev–Trinajstić information content (AvgIpc) is 2.43. The second kappa shape index (κ2) is 7.48. The average molecular weight is 270 g/mol. The van der Waals surface area contributed by atoms with Crippen LogP contribution < -0.4 is 10.6 Å². The van der Waals surface area contributed by atoms with Crippen LogP contribution in [0.3, 0.4) is 0 Å². The van der Waals surface area contributed by atoms with Crippen LogP contribution in [-0.4, -0.2) is 36.6 Å². The topological polar surface area (TPSA) is 78.4 Å². The van der Waals surface area contributed by atoms with E-state index in [2.05, 4.69) is 17.6 Å². The minimum absolute atomic E-state index is 0.138. The van der Waals surface area contributed by atoms with Gasteiger partial charge in [-0.15, -0.1) is 0 Å². The quantitative estimate of drug-likeness (QED) is 0.653. The molecule has 0 bridgehead atoms. The smallest absolute Gasteiger partial charge is 0.303 e. The van der Waals surface area contributed by atoms with Gasteiger partial charge in [-0.25, -0.2) is 0 Å². The van der Waals surface area contributed by atoms with Crippen LogP contribution in [0.1, 0.15) is 46.0 Å². The highest BCUT2D eigenvalue weighted by Gasteiger charge is 2.37. The fourth-order valence-electron chi connectivity index (χ4n) is 2.57. The van der Waals surface area contributed by atoms with Crippen molar-refractivity contribution in [1.82, 2.24) is 10.6 Å². The van der Waals surface area contributed by atoms with Crippen LogP contribution in [0.15, 0.2) is 0 Å². The molecule has 5 nitrogen and oxygen atoms in total. The normalized spacial score (nSPS) is 19.7. The molecule has 1 heterocycles. The number of nitrogens with one attached hydrogen (secondary N) is 2. The summed E-state index contributed by atoms with van der Waals surface area (Å²) in [5, 5.41) is 14.9. The van der Waals surface area contributed by atoms with Gasteiger partial charge < -0.3 is 15.7 Å². The van der Waals surface area contributed by atoms with E-state index in [1.165, 1.54) is 0 Å². The molecule has 1 fully saturated rings. The first-order chi connectivity index (χ1) is 9.00. The third kappa shape index (κ3) is 4.82. The third-order valence-corrected chi connectivity index (χ3v) is 4.18. The molecule has 0 aliphatic carbocycles. The van der Waals surface area contributed by atoms with Crippen molar-refractivity contribution >= 4 is 11.9 Å². The van der Waals surface area contributed by atoms with Crippen molar-refractivity contribution in [2.45, 2.75) is 46.0 Å². The van der Waals surface area contributed by atoms with Crippen LogP contribution in [0.5, 0.6) is 0 Å². The molecular weight excluding hydrogens is 244 g/mol. The van der Waals surface area contributed by atoms with Gasteiger partial charge >= 0.3 is 5.97 Å². The Morgan fingerprint density at radius 2 is 2.00 bits per heavy atom. The van der Waals surface area contributed by atoms with Gasteiger partial charge in [0.25, 0.3) is 0 Å². The van der Waals surface area contributed by atoms with Crippen LogP contribution in [0.2, 0.25) is 0 Å². The predicted molar refractivity (Wildman–Crippen MR) is 73.9 cm³/mol. The second-order valence-corrected chi connectivity index (χ2v) is 5.63. The Morgan fingerprint density at radius 1 is 1.37 bits per heavy atom. The lowest BCUT2D eigenvalue weighted by Gasteiger charge is -2.35. The lowest BCUT2D eigenvalue weighted by atomic mass is 9.76. The van der Waals surface area contributed by atoms with Crippen LogP contribution in [0.25, 0.3) is 0 Å². The van der Waals surface area contributed by atoms with Crippen molar-refractivity contribution in [2.24, 2.45) is 11.3 Å². The minimum Gasteiger partial charge on any atom is -0.481 e. The molecule has 110 valence electrons. The Kier molecular flexibility index (Phi) is 6.28. The summed E-state index contributed by atoms with van der Waals surface area (Å²) >= 11 is 0. The Morgan fingerprint density at radius 3 is 2.53 bits per heavy atom. The van der Waals surface area contributed by atoms with Gasteiger partial charge in [-0.3, -0.25) is 9.59 Å². The van der Waals surface area contributed by atoms with Gasteiger partial charge in [0.1, 0.15) is 0 Å². The van der Waals surface area contributed by atoms with E-state index in [-0.39, 0.29) is 23.7 Å². The number of carboxylic acids is 1. The van der Waals surface area contributed by atoms with E-state index in [0.29, 0.717) is 13.0 Å². The molecule has 0 radical (unpaired) electrons. The zero-order valence-electron chi connectivity index (χ0n) is 12.0. The summed E-state index contributed by atoms with van der Waals surface area (Å²) < 4.78 is 0. The van der Waals surface area contributed by atoms with Crippen molar-refractivity contribution in [2.75, 3.05) is 19.6 Å². The summed E-state index contributed by atoms with van der Waals surface area (Å²) in [5.74, 6) is -0.434. The lowest BCUT2D eigenvalue weighted by Crippen LogP contribution is -2.48. The predicted octanol–water partition coefficient (Wildman–Crippen LogP) is 1.38. The molecule has 1 aliphatic heterocycles. The molecule has 1 saturated heterocycles. The number of aliphatic carboxylic acids is 1. The van der Waals surface area contributed by atoms with E-state index in [0.717, 1.165) is 32.4 Å². The summed E-state index contributed by atoms with van der Waals surface area (Å²) in [6.45, 7) is 6.41. The number of carbonyl (C=O) groups is 2. The molecule has 19 heavy (non-hydrogen) atoms. The molecule has 1 atom stereocenters. The van der Waals surface area contributed by atoms with Gasteiger partial charge in [0, 0.05) is 13.0 Å². The summed E-state index contributed by atoms with van der Waals surface area (Å²) in [4.78, 5) is 22.8. The van der Waals surface area contributed by atoms with E-state index in [9.17, 15) is 9.59 Å². The summed E-state index contributed by atoms with van der Waals surface area (Å²) in [6.07, 6.45) is 3.41. The van der Waals surface area contributed by atoms with Crippen molar-refractivity contribution in [3.63, 3.8) is 0 Å². The van der Waals surface area contributed by atoms with Gasteiger partial charge in [-0.2, -0.15) is 0 Å². The minimum atomic E-state index is -0.776. The fraction of sp³-hybridized carbons (Fsp3) is 0.857. The molecule has 1 unspecified atom stereocenters. The number of carboxylic acid groups (broad SMARTS) is 1. The second-order valence-electron chi connectivity index (χ2n) is 5.63. The Balaban J connectivity index is 2.38. The van der Waals surface area contributed by atoms with E-state index < -0.39 is 5.97 Å². The van der Waals surface area contributed by atoms with Gasteiger partial charge in [-0.1, -0.05) is 13.8 Å². The molecule has 3 N–H and O–H groups in total. The molecule has 1 amide bonds. The molecule has 5 heteroatoms. The third-order valence-electron chi connectivity index (χ3n) is 4.18. The molecule has 0 saturated carbocycles. The summed E-state index contributed by atoms with van der Waals surface area (Å²) in [7, 11) is 0. The van der Waals surface area contributed by atoms with Gasteiger partial charge in [0.2, 0.25) is 5.91 Å². The maximum absolute atomic E-state index is 12.3. The number of carbonyl (C=O) groups excluding carboxylic acids is 1. The molecule has 0 spiro atoms. The first-order valence-corrected chi connectivity index (χ1v) is 7.21. The molecule has 0 aromatic heterocycles. The molecule has 0 aromatic rings. The standard InChI is InChI=1S/C14H26N2O3/c1-3-14(6-8-15-9-7-14)13(19)16-10-11(2)4-5-12(17)18/h11,15H,3-10H2,1-2H3,(H,16,19)(H,17,18). The van der Waals surface area contributed by atoms with Crippen molar-refractivity contribution in [1.29, 1.82) is 0 Å². The highest BCUT2D eigenvalue weighted by atomic mass is 16.4. The largest absolute Gasteiger partial charge is 0.481 e. The maximum Gasteiger partial charge on any atom is 0.303 e. The molecule has 1 rings (SSSR count). The Hall–Kier alpha value is -1.10. The first kappa shape index (κ1) is 16.0. The van der Waals surface area contributed by atoms with Crippen molar-refractivity contribution < 1.29 is 14.7 Å². The number of amides is 1. The lowest BCUT2D eigenvalue weighted by molar-refractivity contribution is -0.137.